The fourth-order valence-electron chi connectivity index (χ4n) is 1.45. The van der Waals surface area contributed by atoms with Crippen molar-refractivity contribution in [3.05, 3.63) is 68.3 Å². The van der Waals surface area contributed by atoms with Crippen molar-refractivity contribution in [2.75, 3.05) is 0 Å². The van der Waals surface area contributed by atoms with Gasteiger partial charge in [-0.05, 0) is 12.1 Å². The number of aliphatic hydroxyl groups is 4. The van der Waals surface area contributed by atoms with Crippen LogP contribution in [0.4, 0.5) is 0 Å². The van der Waals surface area contributed by atoms with Crippen LogP contribution in [0.3, 0.4) is 0 Å². The van der Waals surface area contributed by atoms with E-state index in [0.29, 0.717) is 0 Å². The summed E-state index contributed by atoms with van der Waals surface area (Å²) in [7, 11) is 0. The zero-order chi connectivity index (χ0) is 20.5. The van der Waals surface area contributed by atoms with Crippen LogP contribution >= 0.6 is 0 Å². The summed E-state index contributed by atoms with van der Waals surface area (Å²) in [4.78, 5) is 7.28. The van der Waals surface area contributed by atoms with Crippen LogP contribution in [0, 0.1) is 0 Å². The molecule has 0 aliphatic carbocycles. The van der Waals surface area contributed by atoms with Crippen molar-refractivity contribution in [2.45, 2.75) is 26.9 Å². The highest BCUT2D eigenvalue weighted by Gasteiger charge is 1.81. The minimum atomic E-state index is -0.0972. The van der Waals surface area contributed by atoms with Gasteiger partial charge in [0.1, 0.15) is 39.6 Å². The van der Waals surface area contributed by atoms with Crippen LogP contribution in [0.15, 0.2) is 68.3 Å². The number of aromatic nitrogens is 9. The summed E-state index contributed by atoms with van der Waals surface area (Å²) in [6.07, 6.45) is 14.4. The van der Waals surface area contributed by atoms with Crippen LogP contribution < -0.4 is 0 Å². The average molecular weight is 393 g/mol. The van der Waals surface area contributed by atoms with Gasteiger partial charge in [-0.3, -0.25) is 0 Å². The molecule has 13 nitrogen and oxygen atoms in total. The quantitative estimate of drug-likeness (QED) is 0.330. The summed E-state index contributed by atoms with van der Waals surface area (Å²) in [6.45, 7) is -0.104. The third kappa shape index (κ3) is 9.93. The smallest absolute Gasteiger partial charge is 0.137 e. The highest BCUT2D eigenvalue weighted by atomic mass is 16.3. The molecule has 4 heterocycles. The number of hydrogen-bond acceptors (Lipinski definition) is 9. The molecule has 0 amide bonds. The zero-order valence-corrected chi connectivity index (χ0v) is 15.0. The van der Waals surface area contributed by atoms with Gasteiger partial charge in [0.15, 0.2) is 0 Å². The van der Waals surface area contributed by atoms with Crippen LogP contribution in [0.25, 0.3) is 0 Å². The summed E-state index contributed by atoms with van der Waals surface area (Å²) < 4.78 is 5.89. The van der Waals surface area contributed by atoms with E-state index >= 15 is 0 Å². The van der Waals surface area contributed by atoms with E-state index in [1.54, 1.807) is 46.4 Å². The molecule has 0 atom stereocenters. The van der Waals surface area contributed by atoms with Crippen molar-refractivity contribution in [3.8, 4) is 0 Å². The molecule has 0 saturated heterocycles. The topological polar surface area (TPSA) is 165 Å². The molecule has 0 fully saturated rings. The highest BCUT2D eigenvalue weighted by molar-refractivity contribution is 4.89. The second kappa shape index (κ2) is 14.7. The monoisotopic (exact) mass is 393 g/mol. The van der Waals surface area contributed by atoms with Gasteiger partial charge in [0.05, 0.1) is 12.5 Å². The van der Waals surface area contributed by atoms with E-state index < -0.39 is 0 Å². The summed E-state index contributed by atoms with van der Waals surface area (Å²) in [5.74, 6) is 0. The highest BCUT2D eigenvalue weighted by Crippen LogP contribution is 1.85. The summed E-state index contributed by atoms with van der Waals surface area (Å²) in [6, 6.07) is 3.74. The average Bonchev–Trinajstić information content (AvgIpc) is 3.57. The lowest BCUT2D eigenvalue weighted by molar-refractivity contribution is 0.192. The molecule has 0 aromatic carbocycles. The van der Waals surface area contributed by atoms with Crippen LogP contribution in [0.1, 0.15) is 0 Å². The Hall–Kier alpha value is -3.39. The van der Waals surface area contributed by atoms with E-state index in [9.17, 15) is 0 Å². The van der Waals surface area contributed by atoms with Crippen LogP contribution in [-0.4, -0.2) is 64.3 Å². The maximum atomic E-state index is 8.39. The van der Waals surface area contributed by atoms with Gasteiger partial charge in [0.2, 0.25) is 0 Å². The lowest BCUT2D eigenvalue weighted by Crippen LogP contribution is -1.95. The molecular weight excluding hydrogens is 370 g/mol. The SMILES string of the molecule is OCn1cccc1.OCn1ccnc1.OCn1ccnn1.OCn1cncn1. The molecule has 4 aromatic rings. The maximum absolute atomic E-state index is 8.39. The predicted molar refractivity (Wildman–Crippen MR) is 95.6 cm³/mol. The number of hydrogen-bond donors (Lipinski definition) is 4. The van der Waals surface area contributed by atoms with Gasteiger partial charge in [0.25, 0.3) is 0 Å². The van der Waals surface area contributed by atoms with Crippen molar-refractivity contribution in [1.29, 1.82) is 0 Å². The Morgan fingerprint density at radius 2 is 1.36 bits per heavy atom. The first kappa shape index (κ1) is 22.7. The largest absolute Gasteiger partial charge is 0.376 e. The van der Waals surface area contributed by atoms with Gasteiger partial charge >= 0.3 is 0 Å². The normalized spacial score (nSPS) is 9.29. The Bertz CT molecular complexity index is 635. The maximum Gasteiger partial charge on any atom is 0.137 e. The van der Waals surface area contributed by atoms with Crippen LogP contribution in [0.2, 0.25) is 0 Å². The van der Waals surface area contributed by atoms with Crippen molar-refractivity contribution < 1.29 is 20.4 Å². The molecule has 4 rings (SSSR count). The third-order valence-corrected chi connectivity index (χ3v) is 2.78. The fourth-order valence-corrected chi connectivity index (χ4v) is 1.45. The molecule has 0 aliphatic rings. The minimum Gasteiger partial charge on any atom is -0.376 e. The molecule has 4 N–H and O–H groups in total. The second-order valence-corrected chi connectivity index (χ2v) is 4.72. The Balaban J connectivity index is 0.000000187. The van der Waals surface area contributed by atoms with E-state index in [1.165, 1.54) is 28.2 Å². The van der Waals surface area contributed by atoms with E-state index in [4.69, 9.17) is 20.4 Å². The van der Waals surface area contributed by atoms with Crippen molar-refractivity contribution >= 4 is 0 Å². The van der Waals surface area contributed by atoms with Gasteiger partial charge in [-0.15, -0.1) is 5.10 Å². The Labute approximate surface area is 160 Å². The molecule has 28 heavy (non-hydrogen) atoms. The number of rotatable bonds is 4. The van der Waals surface area contributed by atoms with E-state index in [2.05, 4.69) is 25.4 Å². The standard InChI is InChI=1S/C5H7NO.C4H6N2O.2C3H5N3O/c7-5-6-3-1-2-4-6;7-4-6-2-1-5-3-6;7-3-6-2-4-1-5-6;7-3-6-2-1-4-5-6/h1-4,7H,5H2;1-3,7H,4H2;2*1-2,7H,3H2. The summed E-state index contributed by atoms with van der Waals surface area (Å²) in [5, 5.41) is 43.8. The third-order valence-electron chi connectivity index (χ3n) is 2.78. The number of imidazole rings is 1. The number of aliphatic hydroxyl groups excluding tert-OH is 4. The van der Waals surface area contributed by atoms with E-state index in [1.807, 2.05) is 12.1 Å². The first-order valence-electron chi connectivity index (χ1n) is 7.89. The first-order valence-corrected chi connectivity index (χ1v) is 7.89. The Kier molecular flexibility index (Phi) is 11.9. The molecule has 13 heteroatoms. The first-order chi connectivity index (χ1) is 13.7. The lowest BCUT2D eigenvalue weighted by Gasteiger charge is -1.89. The van der Waals surface area contributed by atoms with Gasteiger partial charge in [-0.1, -0.05) is 5.21 Å². The molecule has 0 saturated carbocycles. The van der Waals surface area contributed by atoms with E-state index in [-0.39, 0.29) is 26.9 Å². The van der Waals surface area contributed by atoms with Gasteiger partial charge in [-0.25, -0.2) is 19.3 Å². The lowest BCUT2D eigenvalue weighted by atomic mass is 10.7. The zero-order valence-electron chi connectivity index (χ0n) is 15.0. The summed E-state index contributed by atoms with van der Waals surface area (Å²) in [5.41, 5.74) is 0. The molecular formula is C15H23N9O4. The molecule has 4 aromatic heterocycles. The Morgan fingerprint density at radius 3 is 1.64 bits per heavy atom. The Morgan fingerprint density at radius 1 is 0.643 bits per heavy atom. The van der Waals surface area contributed by atoms with E-state index in [0.717, 1.165) is 0 Å². The number of nitrogens with zero attached hydrogens (tertiary/aromatic N) is 9. The molecule has 0 unspecified atom stereocenters. The molecule has 152 valence electrons. The second-order valence-electron chi connectivity index (χ2n) is 4.72. The van der Waals surface area contributed by atoms with Crippen molar-refractivity contribution in [1.82, 2.24) is 43.9 Å². The van der Waals surface area contributed by atoms with Crippen LogP contribution in [-0.2, 0) is 26.9 Å². The molecule has 0 spiro atoms. The van der Waals surface area contributed by atoms with Gasteiger partial charge in [0, 0.05) is 31.0 Å². The minimum absolute atomic E-state index is 0.0139. The molecule has 0 radical (unpaired) electrons. The predicted octanol–water partition coefficient (Wildman–Crippen LogP) is -1.27. The molecule has 0 aliphatic heterocycles. The summed E-state index contributed by atoms with van der Waals surface area (Å²) >= 11 is 0. The van der Waals surface area contributed by atoms with Crippen molar-refractivity contribution in [3.63, 3.8) is 0 Å². The van der Waals surface area contributed by atoms with Gasteiger partial charge in [-0.2, -0.15) is 5.10 Å². The fraction of sp³-hybridized carbons (Fsp3) is 0.267. The van der Waals surface area contributed by atoms with Crippen LogP contribution in [0.5, 0.6) is 0 Å². The molecule has 0 bridgehead atoms. The van der Waals surface area contributed by atoms with Crippen molar-refractivity contribution in [2.24, 2.45) is 0 Å². The van der Waals surface area contributed by atoms with Gasteiger partial charge < -0.3 is 29.6 Å².